The standard InChI is InChI=1S/C21H23F3N8O/c1-13(7-25)27-9-16(8-26)15-6-19-28-11-18(32(19)30-10-15)14-3-2-4-17(5-14)31-20(33)29-12-21(22,23)24/h2-6,8-11,13H,7,12,25-26H2,1H3,(H2,29,31,33). The highest BCUT2D eigenvalue weighted by atomic mass is 19.4. The highest BCUT2D eigenvalue weighted by Crippen LogP contribution is 2.24. The normalized spacial score (nSPS) is 13.4. The van der Waals surface area contributed by atoms with Crippen LogP contribution >= 0.6 is 0 Å². The number of aromatic nitrogens is 3. The summed E-state index contributed by atoms with van der Waals surface area (Å²) in [6.45, 7) is 0.871. The van der Waals surface area contributed by atoms with Gasteiger partial charge in [-0.25, -0.2) is 14.3 Å². The van der Waals surface area contributed by atoms with Crippen molar-refractivity contribution in [2.45, 2.75) is 19.1 Å². The van der Waals surface area contributed by atoms with Crippen molar-refractivity contribution in [2.24, 2.45) is 16.5 Å². The fourth-order valence-electron chi connectivity index (χ4n) is 2.83. The Kier molecular flexibility index (Phi) is 7.28. The van der Waals surface area contributed by atoms with E-state index in [4.69, 9.17) is 11.5 Å². The summed E-state index contributed by atoms with van der Waals surface area (Å²) < 4.78 is 38.4. The number of nitrogens with two attached hydrogens (primary N) is 2. The number of allylic oxidation sites excluding steroid dienone is 1. The number of carbonyl (C=O) groups excluding carboxylic acids is 1. The molecule has 33 heavy (non-hydrogen) atoms. The van der Waals surface area contributed by atoms with E-state index in [0.29, 0.717) is 40.3 Å². The molecule has 0 fully saturated rings. The smallest absolute Gasteiger partial charge is 0.404 e. The first-order valence-corrected chi connectivity index (χ1v) is 9.91. The van der Waals surface area contributed by atoms with Gasteiger partial charge in [-0.15, -0.1) is 0 Å². The van der Waals surface area contributed by atoms with Crippen LogP contribution in [-0.4, -0.2) is 52.2 Å². The molecule has 2 amide bonds. The molecular weight excluding hydrogens is 437 g/mol. The number of benzene rings is 1. The summed E-state index contributed by atoms with van der Waals surface area (Å²) in [7, 11) is 0. The van der Waals surface area contributed by atoms with Crippen LogP contribution in [0.3, 0.4) is 0 Å². The Morgan fingerprint density at radius 2 is 2.09 bits per heavy atom. The molecule has 6 N–H and O–H groups in total. The van der Waals surface area contributed by atoms with E-state index in [1.54, 1.807) is 58.8 Å². The van der Waals surface area contributed by atoms with E-state index in [9.17, 15) is 18.0 Å². The van der Waals surface area contributed by atoms with Crippen LogP contribution in [0.2, 0.25) is 0 Å². The van der Waals surface area contributed by atoms with Gasteiger partial charge in [0, 0.05) is 41.3 Å². The van der Waals surface area contributed by atoms with Gasteiger partial charge in [-0.05, 0) is 25.1 Å². The molecule has 0 bridgehead atoms. The molecule has 0 aliphatic rings. The van der Waals surface area contributed by atoms with Gasteiger partial charge in [-0.2, -0.15) is 18.3 Å². The van der Waals surface area contributed by atoms with E-state index in [0.717, 1.165) is 0 Å². The average molecular weight is 460 g/mol. The summed E-state index contributed by atoms with van der Waals surface area (Å²) in [6.07, 6.45) is 1.78. The molecule has 12 heteroatoms. The number of hydrogen-bond donors (Lipinski definition) is 4. The Bertz CT molecular complexity index is 1190. The van der Waals surface area contributed by atoms with Gasteiger partial charge >= 0.3 is 12.2 Å². The number of alkyl halides is 3. The fourth-order valence-corrected chi connectivity index (χ4v) is 2.83. The van der Waals surface area contributed by atoms with Gasteiger partial charge in [0.1, 0.15) is 6.54 Å². The van der Waals surface area contributed by atoms with Crippen LogP contribution in [-0.2, 0) is 0 Å². The minimum Gasteiger partial charge on any atom is -0.404 e. The number of nitrogens with one attached hydrogen (secondary N) is 2. The van der Waals surface area contributed by atoms with Crippen LogP contribution in [0.1, 0.15) is 12.5 Å². The Balaban J connectivity index is 1.82. The number of halogens is 3. The molecular formula is C21H23F3N8O. The van der Waals surface area contributed by atoms with Gasteiger partial charge in [0.15, 0.2) is 5.65 Å². The molecule has 9 nitrogen and oxygen atoms in total. The van der Waals surface area contributed by atoms with Crippen molar-refractivity contribution in [3.63, 3.8) is 0 Å². The van der Waals surface area contributed by atoms with Gasteiger partial charge in [0.25, 0.3) is 0 Å². The maximum atomic E-state index is 12.3. The van der Waals surface area contributed by atoms with Crippen molar-refractivity contribution >= 4 is 29.2 Å². The zero-order chi connectivity index (χ0) is 24.0. The Labute approximate surface area is 187 Å². The van der Waals surface area contributed by atoms with E-state index in [2.05, 4.69) is 20.4 Å². The zero-order valence-corrected chi connectivity index (χ0v) is 17.7. The number of fused-ring (bicyclic) bond motifs is 1. The predicted octanol–water partition coefficient (Wildman–Crippen LogP) is 2.80. The molecule has 0 saturated heterocycles. The van der Waals surface area contributed by atoms with E-state index in [1.165, 1.54) is 6.20 Å². The molecule has 1 atom stereocenters. The van der Waals surface area contributed by atoms with Crippen molar-refractivity contribution in [3.05, 3.63) is 54.5 Å². The molecule has 0 saturated carbocycles. The Morgan fingerprint density at radius 3 is 2.79 bits per heavy atom. The number of carbonyl (C=O) groups is 1. The van der Waals surface area contributed by atoms with Crippen molar-refractivity contribution < 1.29 is 18.0 Å². The van der Waals surface area contributed by atoms with E-state index in [-0.39, 0.29) is 6.04 Å². The number of rotatable bonds is 7. The Hall–Kier alpha value is -3.93. The molecule has 2 aromatic heterocycles. The molecule has 3 rings (SSSR count). The largest absolute Gasteiger partial charge is 0.405 e. The third-order valence-electron chi connectivity index (χ3n) is 4.55. The number of aliphatic imine (C=N–C) groups is 1. The summed E-state index contributed by atoms with van der Waals surface area (Å²) in [5.41, 5.74) is 14.8. The fraction of sp³-hybridized carbons (Fsp3) is 0.238. The number of urea groups is 1. The molecule has 1 aromatic carbocycles. The summed E-state index contributed by atoms with van der Waals surface area (Å²) in [5.74, 6) is 0. The first-order valence-electron chi connectivity index (χ1n) is 9.91. The van der Waals surface area contributed by atoms with E-state index >= 15 is 0 Å². The lowest BCUT2D eigenvalue weighted by molar-refractivity contribution is -0.122. The van der Waals surface area contributed by atoms with E-state index < -0.39 is 18.8 Å². The van der Waals surface area contributed by atoms with Crippen LogP contribution in [0.4, 0.5) is 23.7 Å². The molecule has 174 valence electrons. The average Bonchev–Trinajstić information content (AvgIpc) is 3.21. The first kappa shape index (κ1) is 23.7. The lowest BCUT2D eigenvalue weighted by Gasteiger charge is -2.10. The van der Waals surface area contributed by atoms with Crippen LogP contribution in [0.5, 0.6) is 0 Å². The summed E-state index contributed by atoms with van der Waals surface area (Å²) in [6, 6.07) is 7.38. The number of nitrogens with zero attached hydrogens (tertiary/aromatic N) is 4. The minimum absolute atomic E-state index is 0.0499. The number of imidazole rings is 1. The van der Waals surface area contributed by atoms with Gasteiger partial charge in [0.05, 0.1) is 24.1 Å². The van der Waals surface area contributed by atoms with Gasteiger partial charge in [-0.1, -0.05) is 12.1 Å². The van der Waals surface area contributed by atoms with Crippen LogP contribution in [0, 0.1) is 0 Å². The summed E-state index contributed by atoms with van der Waals surface area (Å²) in [5, 5.41) is 8.57. The summed E-state index contributed by atoms with van der Waals surface area (Å²) in [4.78, 5) is 20.4. The SMILES string of the molecule is CC(CN)N=CC(=CN)c1cnn2c(-c3cccc(NC(=O)NCC(F)(F)F)c3)cnc2c1. The molecule has 0 radical (unpaired) electrons. The second kappa shape index (κ2) is 10.1. The van der Waals surface area contributed by atoms with Crippen LogP contribution in [0.15, 0.2) is 53.9 Å². The third kappa shape index (κ3) is 6.29. The highest BCUT2D eigenvalue weighted by molar-refractivity contribution is 6.09. The quantitative estimate of drug-likeness (QED) is 0.402. The molecule has 3 aromatic rings. The van der Waals surface area contributed by atoms with Crippen molar-refractivity contribution in [1.29, 1.82) is 0 Å². The number of hydrogen-bond acceptors (Lipinski definition) is 6. The number of anilines is 1. The van der Waals surface area contributed by atoms with Crippen molar-refractivity contribution in [2.75, 3.05) is 18.4 Å². The van der Waals surface area contributed by atoms with Crippen LogP contribution < -0.4 is 22.1 Å². The van der Waals surface area contributed by atoms with Gasteiger partial charge < -0.3 is 22.1 Å². The monoisotopic (exact) mass is 460 g/mol. The van der Waals surface area contributed by atoms with E-state index in [1.807, 2.05) is 6.92 Å². The molecule has 0 aliphatic carbocycles. The zero-order valence-electron chi connectivity index (χ0n) is 17.7. The maximum Gasteiger partial charge on any atom is 0.405 e. The number of amides is 2. The molecule has 2 heterocycles. The molecule has 0 spiro atoms. The second-order valence-electron chi connectivity index (χ2n) is 7.15. The maximum absolute atomic E-state index is 12.3. The van der Waals surface area contributed by atoms with Crippen molar-refractivity contribution in [3.8, 4) is 11.3 Å². The minimum atomic E-state index is -4.49. The highest BCUT2D eigenvalue weighted by Gasteiger charge is 2.27. The molecule has 1 unspecified atom stereocenters. The van der Waals surface area contributed by atoms with Crippen molar-refractivity contribution in [1.82, 2.24) is 19.9 Å². The first-order chi connectivity index (χ1) is 15.7. The summed E-state index contributed by atoms with van der Waals surface area (Å²) >= 11 is 0. The lowest BCUT2D eigenvalue weighted by Crippen LogP contribution is -2.36. The third-order valence-corrected chi connectivity index (χ3v) is 4.55. The molecule has 0 aliphatic heterocycles. The van der Waals surface area contributed by atoms with Crippen LogP contribution in [0.25, 0.3) is 22.5 Å². The van der Waals surface area contributed by atoms with Gasteiger partial charge in [-0.3, -0.25) is 4.99 Å². The lowest BCUT2D eigenvalue weighted by atomic mass is 10.1. The Morgan fingerprint density at radius 1 is 1.30 bits per heavy atom. The van der Waals surface area contributed by atoms with Gasteiger partial charge in [0.2, 0.25) is 0 Å². The second-order valence-corrected chi connectivity index (χ2v) is 7.15. The topological polar surface area (TPSA) is 136 Å². The predicted molar refractivity (Wildman–Crippen MR) is 121 cm³/mol.